The highest BCUT2D eigenvalue weighted by Gasteiger charge is 2.33. The summed E-state index contributed by atoms with van der Waals surface area (Å²) in [4.78, 5) is 1.05. The van der Waals surface area contributed by atoms with E-state index < -0.39 is 10.0 Å². The second-order valence-electron chi connectivity index (χ2n) is 4.75. The second kappa shape index (κ2) is 7.00. The van der Waals surface area contributed by atoms with Gasteiger partial charge in [0.05, 0.1) is 13.2 Å². The van der Waals surface area contributed by atoms with Crippen LogP contribution in [0.1, 0.15) is 25.1 Å². The monoisotopic (exact) mass is 318 g/mol. The number of nitrogens with zero attached hydrogens (tertiary/aromatic N) is 1. The van der Waals surface area contributed by atoms with E-state index in [-0.39, 0.29) is 6.04 Å². The summed E-state index contributed by atoms with van der Waals surface area (Å²) in [6, 6.07) is 3.56. The van der Waals surface area contributed by atoms with Crippen molar-refractivity contribution >= 4 is 21.4 Å². The molecular formula is C13H22N2O3S2. The normalized spacial score (nSPS) is 21.2. The van der Waals surface area contributed by atoms with Crippen LogP contribution in [-0.4, -0.2) is 45.1 Å². The van der Waals surface area contributed by atoms with E-state index in [1.54, 1.807) is 10.4 Å². The zero-order valence-corrected chi connectivity index (χ0v) is 13.6. The summed E-state index contributed by atoms with van der Waals surface area (Å²) < 4.78 is 32.8. The summed E-state index contributed by atoms with van der Waals surface area (Å²) in [5, 5.41) is 3.21. The molecule has 1 aromatic rings. The lowest BCUT2D eigenvalue weighted by Gasteiger charge is -2.33. The van der Waals surface area contributed by atoms with Crippen molar-refractivity contribution in [3.05, 3.63) is 17.0 Å². The molecule has 2 rings (SSSR count). The van der Waals surface area contributed by atoms with Gasteiger partial charge in [0, 0.05) is 24.0 Å². The van der Waals surface area contributed by atoms with Crippen LogP contribution >= 0.6 is 11.3 Å². The highest BCUT2D eigenvalue weighted by Crippen LogP contribution is 2.28. The molecule has 0 aliphatic carbocycles. The standard InChI is InChI=1S/C13H22N2O3S2/c1-3-11-10-18-8-7-15(11)20(16,17)13-6-5-12(19-13)9-14-4-2/h5-6,11,14H,3-4,7-10H2,1-2H3. The summed E-state index contributed by atoms with van der Waals surface area (Å²) in [5.41, 5.74) is 0. The minimum Gasteiger partial charge on any atom is -0.378 e. The molecule has 1 unspecified atom stereocenters. The predicted octanol–water partition coefficient (Wildman–Crippen LogP) is 1.66. The number of nitrogens with one attached hydrogen (secondary N) is 1. The maximum absolute atomic E-state index is 12.7. The van der Waals surface area contributed by atoms with Crippen LogP contribution in [0.15, 0.2) is 16.3 Å². The molecule has 1 N–H and O–H groups in total. The van der Waals surface area contributed by atoms with Crippen molar-refractivity contribution in [1.29, 1.82) is 0 Å². The first-order valence-electron chi connectivity index (χ1n) is 6.98. The summed E-state index contributed by atoms with van der Waals surface area (Å²) in [5.74, 6) is 0. The van der Waals surface area contributed by atoms with Gasteiger partial charge in [-0.05, 0) is 25.1 Å². The number of hydrogen-bond acceptors (Lipinski definition) is 5. The van der Waals surface area contributed by atoms with Gasteiger partial charge in [0.2, 0.25) is 0 Å². The number of rotatable bonds is 6. The van der Waals surface area contributed by atoms with Crippen LogP contribution in [-0.2, 0) is 21.3 Å². The molecule has 1 aromatic heterocycles. The number of morpholine rings is 1. The van der Waals surface area contributed by atoms with Crippen molar-refractivity contribution in [1.82, 2.24) is 9.62 Å². The molecule has 1 saturated heterocycles. The number of thiophene rings is 1. The summed E-state index contributed by atoms with van der Waals surface area (Å²) in [6.45, 7) is 7.04. The van der Waals surface area contributed by atoms with Gasteiger partial charge in [-0.1, -0.05) is 13.8 Å². The minimum atomic E-state index is -3.38. The third-order valence-corrected chi connectivity index (χ3v) is 6.90. The maximum Gasteiger partial charge on any atom is 0.252 e. The van der Waals surface area contributed by atoms with Crippen LogP contribution in [0.4, 0.5) is 0 Å². The first-order valence-corrected chi connectivity index (χ1v) is 9.24. The zero-order chi connectivity index (χ0) is 14.6. The van der Waals surface area contributed by atoms with Gasteiger partial charge in [0.25, 0.3) is 10.0 Å². The summed E-state index contributed by atoms with van der Waals surface area (Å²) in [7, 11) is -3.38. The number of ether oxygens (including phenoxy) is 1. The first-order chi connectivity index (χ1) is 9.59. The fourth-order valence-electron chi connectivity index (χ4n) is 2.23. The molecule has 1 atom stereocenters. The van der Waals surface area contributed by atoms with Gasteiger partial charge in [-0.2, -0.15) is 4.31 Å². The molecule has 0 saturated carbocycles. The summed E-state index contributed by atoms with van der Waals surface area (Å²) >= 11 is 1.35. The molecule has 1 aliphatic rings. The smallest absolute Gasteiger partial charge is 0.252 e. The Bertz CT molecular complexity index is 527. The lowest BCUT2D eigenvalue weighted by Crippen LogP contribution is -2.48. The van der Waals surface area contributed by atoms with Gasteiger partial charge < -0.3 is 10.1 Å². The Morgan fingerprint density at radius 1 is 1.45 bits per heavy atom. The van der Waals surface area contributed by atoms with E-state index in [1.165, 1.54) is 11.3 Å². The Morgan fingerprint density at radius 2 is 2.25 bits per heavy atom. The average Bonchev–Trinajstić information content (AvgIpc) is 2.94. The van der Waals surface area contributed by atoms with Gasteiger partial charge in [-0.3, -0.25) is 0 Å². The Labute approximate surface area is 125 Å². The van der Waals surface area contributed by atoms with Gasteiger partial charge in [0.1, 0.15) is 4.21 Å². The fraction of sp³-hybridized carbons (Fsp3) is 0.692. The van der Waals surface area contributed by atoms with Crippen molar-refractivity contribution in [2.45, 2.75) is 37.1 Å². The quantitative estimate of drug-likeness (QED) is 0.866. The largest absolute Gasteiger partial charge is 0.378 e. The molecule has 0 amide bonds. The van der Waals surface area contributed by atoms with Crippen molar-refractivity contribution in [3.63, 3.8) is 0 Å². The molecule has 1 aliphatic heterocycles. The van der Waals surface area contributed by atoms with E-state index in [0.29, 0.717) is 24.0 Å². The van der Waals surface area contributed by atoms with Crippen LogP contribution in [0.25, 0.3) is 0 Å². The van der Waals surface area contributed by atoms with E-state index in [1.807, 2.05) is 19.9 Å². The van der Waals surface area contributed by atoms with E-state index >= 15 is 0 Å². The lowest BCUT2D eigenvalue weighted by atomic mass is 10.2. The Balaban J connectivity index is 2.18. The Morgan fingerprint density at radius 3 is 2.95 bits per heavy atom. The van der Waals surface area contributed by atoms with Crippen molar-refractivity contribution < 1.29 is 13.2 Å². The average molecular weight is 318 g/mol. The van der Waals surface area contributed by atoms with E-state index in [2.05, 4.69) is 5.32 Å². The van der Waals surface area contributed by atoms with Gasteiger partial charge in [-0.15, -0.1) is 11.3 Å². The first kappa shape index (κ1) is 15.9. The molecule has 0 aromatic carbocycles. The van der Waals surface area contributed by atoms with Gasteiger partial charge in [-0.25, -0.2) is 8.42 Å². The molecule has 7 heteroatoms. The second-order valence-corrected chi connectivity index (χ2v) is 8.04. The predicted molar refractivity (Wildman–Crippen MR) is 80.5 cm³/mol. The molecule has 5 nitrogen and oxygen atoms in total. The van der Waals surface area contributed by atoms with Gasteiger partial charge >= 0.3 is 0 Å². The SMILES string of the molecule is CCNCc1ccc(S(=O)(=O)N2CCOCC2CC)s1. The molecule has 20 heavy (non-hydrogen) atoms. The number of sulfonamides is 1. The zero-order valence-electron chi connectivity index (χ0n) is 12.0. The highest BCUT2D eigenvalue weighted by molar-refractivity contribution is 7.91. The van der Waals surface area contributed by atoms with Crippen molar-refractivity contribution in [2.24, 2.45) is 0 Å². The van der Waals surface area contributed by atoms with Crippen LogP contribution in [0.5, 0.6) is 0 Å². The molecule has 0 bridgehead atoms. The Hall–Kier alpha value is -0.470. The third kappa shape index (κ3) is 3.40. The molecule has 0 radical (unpaired) electrons. The summed E-state index contributed by atoms with van der Waals surface area (Å²) in [6.07, 6.45) is 0.773. The number of hydrogen-bond donors (Lipinski definition) is 1. The molecular weight excluding hydrogens is 296 g/mol. The lowest BCUT2D eigenvalue weighted by molar-refractivity contribution is 0.0315. The van der Waals surface area contributed by atoms with Crippen LogP contribution < -0.4 is 5.32 Å². The van der Waals surface area contributed by atoms with E-state index in [9.17, 15) is 8.42 Å². The molecule has 114 valence electrons. The maximum atomic E-state index is 12.7. The van der Waals surface area contributed by atoms with Crippen LogP contribution in [0, 0.1) is 0 Å². The third-order valence-electron chi connectivity index (χ3n) is 3.39. The van der Waals surface area contributed by atoms with E-state index in [0.717, 1.165) is 24.4 Å². The fourth-order valence-corrected chi connectivity index (χ4v) is 5.36. The van der Waals surface area contributed by atoms with E-state index in [4.69, 9.17) is 4.74 Å². The highest BCUT2D eigenvalue weighted by atomic mass is 32.2. The topological polar surface area (TPSA) is 58.6 Å². The minimum absolute atomic E-state index is 0.0481. The molecule has 0 spiro atoms. The van der Waals surface area contributed by atoms with Crippen LogP contribution in [0.2, 0.25) is 0 Å². The van der Waals surface area contributed by atoms with Gasteiger partial charge in [0.15, 0.2) is 0 Å². The van der Waals surface area contributed by atoms with Crippen LogP contribution in [0.3, 0.4) is 0 Å². The molecule has 2 heterocycles. The Kier molecular flexibility index (Phi) is 5.57. The van der Waals surface area contributed by atoms with Crippen molar-refractivity contribution in [2.75, 3.05) is 26.3 Å². The molecule has 1 fully saturated rings. The van der Waals surface area contributed by atoms with Crippen molar-refractivity contribution in [3.8, 4) is 0 Å².